The molecule has 0 spiro atoms. The van der Waals surface area contributed by atoms with Gasteiger partial charge in [-0.05, 0) is 57.1 Å². The summed E-state index contributed by atoms with van der Waals surface area (Å²) in [6.07, 6.45) is 6.10. The molecule has 0 unspecified atom stereocenters. The van der Waals surface area contributed by atoms with E-state index in [9.17, 15) is 4.79 Å². The molecule has 4 nitrogen and oxygen atoms in total. The average Bonchev–Trinajstić information content (AvgIpc) is 2.56. The third kappa shape index (κ3) is 6.85. The average molecular weight is 329 g/mol. The molecule has 132 valence electrons. The van der Waals surface area contributed by atoms with Crippen molar-refractivity contribution in [1.29, 1.82) is 0 Å². The number of nitrogens with one attached hydrogen (secondary N) is 1. The van der Waals surface area contributed by atoms with Crippen LogP contribution in [0, 0.1) is 5.92 Å². The SMILES string of the molecule is CC1CCN(Cc2ccc(CNC(=O)C=CCN(C)C)cc2)CC1. The maximum Gasteiger partial charge on any atom is 0.243 e. The molecule has 1 amide bonds. The van der Waals surface area contributed by atoms with Crippen LogP contribution >= 0.6 is 0 Å². The second-order valence-corrected chi connectivity index (χ2v) is 7.16. The Morgan fingerprint density at radius 2 is 1.83 bits per heavy atom. The molecule has 1 aliphatic heterocycles. The summed E-state index contributed by atoms with van der Waals surface area (Å²) in [6.45, 7) is 7.14. The molecule has 24 heavy (non-hydrogen) atoms. The van der Waals surface area contributed by atoms with Gasteiger partial charge >= 0.3 is 0 Å². The fourth-order valence-corrected chi connectivity index (χ4v) is 2.86. The van der Waals surface area contributed by atoms with Crippen molar-refractivity contribution >= 4 is 5.91 Å². The van der Waals surface area contributed by atoms with Gasteiger partial charge in [-0.2, -0.15) is 0 Å². The maximum absolute atomic E-state index is 11.7. The molecule has 0 saturated carbocycles. The smallest absolute Gasteiger partial charge is 0.243 e. The molecule has 1 aliphatic rings. The van der Waals surface area contributed by atoms with E-state index >= 15 is 0 Å². The molecule has 0 aromatic heterocycles. The number of amides is 1. The standard InChI is InChI=1S/C20H31N3O/c1-17-10-13-23(14-11-17)16-19-8-6-18(7-9-19)15-21-20(24)5-4-12-22(2)3/h4-9,17H,10-16H2,1-3H3,(H,21,24). The van der Waals surface area contributed by atoms with E-state index in [4.69, 9.17) is 0 Å². The zero-order chi connectivity index (χ0) is 17.4. The van der Waals surface area contributed by atoms with Gasteiger partial charge < -0.3 is 10.2 Å². The van der Waals surface area contributed by atoms with Crippen LogP contribution in [0.2, 0.25) is 0 Å². The summed E-state index contributed by atoms with van der Waals surface area (Å²) in [5.41, 5.74) is 2.49. The van der Waals surface area contributed by atoms with Crippen LogP contribution in [0.3, 0.4) is 0 Å². The van der Waals surface area contributed by atoms with Crippen molar-refractivity contribution in [1.82, 2.24) is 15.1 Å². The molecule has 1 aromatic carbocycles. The van der Waals surface area contributed by atoms with Gasteiger partial charge in [0.25, 0.3) is 0 Å². The van der Waals surface area contributed by atoms with Crippen molar-refractivity contribution in [3.63, 3.8) is 0 Å². The zero-order valence-corrected chi connectivity index (χ0v) is 15.3. The molecule has 1 aromatic rings. The van der Waals surface area contributed by atoms with E-state index in [-0.39, 0.29) is 5.91 Å². The van der Waals surface area contributed by atoms with Gasteiger partial charge in [0, 0.05) is 25.7 Å². The second-order valence-electron chi connectivity index (χ2n) is 7.16. The van der Waals surface area contributed by atoms with Gasteiger partial charge in [0.2, 0.25) is 5.91 Å². The first-order valence-electron chi connectivity index (χ1n) is 8.92. The van der Waals surface area contributed by atoms with Crippen LogP contribution in [-0.4, -0.2) is 49.4 Å². The lowest BCUT2D eigenvalue weighted by Crippen LogP contribution is -2.32. The first-order chi connectivity index (χ1) is 11.5. The number of rotatable bonds is 7. The highest BCUT2D eigenvalue weighted by molar-refractivity contribution is 5.87. The highest BCUT2D eigenvalue weighted by atomic mass is 16.1. The highest BCUT2D eigenvalue weighted by Gasteiger charge is 2.15. The zero-order valence-electron chi connectivity index (χ0n) is 15.3. The number of likely N-dealkylation sites (tertiary alicyclic amines) is 1. The molecule has 4 heteroatoms. The van der Waals surface area contributed by atoms with Gasteiger partial charge in [-0.25, -0.2) is 0 Å². The molecule has 1 saturated heterocycles. The van der Waals surface area contributed by atoms with Crippen LogP contribution in [0.5, 0.6) is 0 Å². The molecule has 0 radical (unpaired) electrons. The number of hydrogen-bond acceptors (Lipinski definition) is 3. The topological polar surface area (TPSA) is 35.6 Å². The summed E-state index contributed by atoms with van der Waals surface area (Å²) in [5, 5.41) is 2.92. The number of hydrogen-bond donors (Lipinski definition) is 1. The van der Waals surface area contributed by atoms with Gasteiger partial charge in [0.15, 0.2) is 0 Å². The van der Waals surface area contributed by atoms with E-state index in [0.717, 1.165) is 24.6 Å². The Labute approximate surface area is 146 Å². The second kappa shape index (κ2) is 9.60. The van der Waals surface area contributed by atoms with E-state index in [1.807, 2.05) is 25.1 Å². The molecule has 0 atom stereocenters. The number of carbonyl (C=O) groups excluding carboxylic acids is 1. The molecular weight excluding hydrogens is 298 g/mol. The Morgan fingerprint density at radius 3 is 2.46 bits per heavy atom. The van der Waals surface area contributed by atoms with E-state index < -0.39 is 0 Å². The number of piperidine rings is 1. The maximum atomic E-state index is 11.7. The molecule has 0 bridgehead atoms. The van der Waals surface area contributed by atoms with Gasteiger partial charge in [0.1, 0.15) is 0 Å². The number of nitrogens with zero attached hydrogens (tertiary/aromatic N) is 2. The minimum atomic E-state index is -0.0386. The Hall–Kier alpha value is -1.65. The van der Waals surface area contributed by atoms with Gasteiger partial charge in [-0.15, -0.1) is 0 Å². The predicted molar refractivity (Wildman–Crippen MR) is 99.7 cm³/mol. The van der Waals surface area contributed by atoms with Crippen LogP contribution in [-0.2, 0) is 17.9 Å². The van der Waals surface area contributed by atoms with Crippen LogP contribution in [0.25, 0.3) is 0 Å². The van der Waals surface area contributed by atoms with Crippen LogP contribution in [0.4, 0.5) is 0 Å². The number of carbonyl (C=O) groups is 1. The molecule has 2 rings (SSSR count). The fraction of sp³-hybridized carbons (Fsp3) is 0.550. The number of benzene rings is 1. The van der Waals surface area contributed by atoms with Crippen LogP contribution < -0.4 is 5.32 Å². The molecule has 1 heterocycles. The van der Waals surface area contributed by atoms with Crippen LogP contribution in [0.1, 0.15) is 30.9 Å². The van der Waals surface area contributed by atoms with E-state index in [0.29, 0.717) is 6.54 Å². The Bertz CT molecular complexity index is 528. The summed E-state index contributed by atoms with van der Waals surface area (Å²) in [7, 11) is 3.96. The Kier molecular flexibility index (Phi) is 7.47. The third-order valence-corrected chi connectivity index (χ3v) is 4.51. The first-order valence-corrected chi connectivity index (χ1v) is 8.92. The van der Waals surface area contributed by atoms with Gasteiger partial charge in [-0.3, -0.25) is 9.69 Å². The van der Waals surface area contributed by atoms with Gasteiger partial charge in [-0.1, -0.05) is 37.3 Å². The lowest BCUT2D eigenvalue weighted by molar-refractivity contribution is -0.116. The molecule has 0 aliphatic carbocycles. The van der Waals surface area contributed by atoms with Crippen LogP contribution in [0.15, 0.2) is 36.4 Å². The molecule has 1 fully saturated rings. The minimum Gasteiger partial charge on any atom is -0.348 e. The predicted octanol–water partition coefficient (Wildman–Crippen LogP) is 2.65. The fourth-order valence-electron chi connectivity index (χ4n) is 2.86. The summed E-state index contributed by atoms with van der Waals surface area (Å²) >= 11 is 0. The van der Waals surface area contributed by atoms with Crippen molar-refractivity contribution in [3.8, 4) is 0 Å². The third-order valence-electron chi connectivity index (χ3n) is 4.51. The molecular formula is C20H31N3O. The van der Waals surface area contributed by atoms with Gasteiger partial charge in [0.05, 0.1) is 0 Å². The van der Waals surface area contributed by atoms with E-state index in [1.165, 1.54) is 31.5 Å². The molecule has 1 N–H and O–H groups in total. The van der Waals surface area contributed by atoms with Crippen molar-refractivity contribution in [2.24, 2.45) is 5.92 Å². The van der Waals surface area contributed by atoms with Crippen molar-refractivity contribution in [2.45, 2.75) is 32.9 Å². The van der Waals surface area contributed by atoms with Crippen molar-refractivity contribution < 1.29 is 4.79 Å². The minimum absolute atomic E-state index is 0.0386. The number of likely N-dealkylation sites (N-methyl/N-ethyl adjacent to an activating group) is 1. The summed E-state index contributed by atoms with van der Waals surface area (Å²) in [6, 6.07) is 8.60. The Morgan fingerprint density at radius 1 is 1.21 bits per heavy atom. The first kappa shape index (κ1) is 18.7. The summed E-state index contributed by atoms with van der Waals surface area (Å²) in [5.74, 6) is 0.836. The normalized spacial score (nSPS) is 16.8. The lowest BCUT2D eigenvalue weighted by Gasteiger charge is -2.30. The lowest BCUT2D eigenvalue weighted by atomic mass is 9.99. The monoisotopic (exact) mass is 329 g/mol. The van der Waals surface area contributed by atoms with E-state index in [1.54, 1.807) is 6.08 Å². The summed E-state index contributed by atoms with van der Waals surface area (Å²) < 4.78 is 0. The Balaban J connectivity index is 1.73. The quantitative estimate of drug-likeness (QED) is 0.781. The summed E-state index contributed by atoms with van der Waals surface area (Å²) in [4.78, 5) is 16.3. The van der Waals surface area contributed by atoms with E-state index in [2.05, 4.69) is 41.4 Å². The largest absolute Gasteiger partial charge is 0.348 e. The highest BCUT2D eigenvalue weighted by Crippen LogP contribution is 2.18. The van der Waals surface area contributed by atoms with Crippen molar-refractivity contribution in [2.75, 3.05) is 33.7 Å². The van der Waals surface area contributed by atoms with Crippen molar-refractivity contribution in [3.05, 3.63) is 47.5 Å².